The van der Waals surface area contributed by atoms with Gasteiger partial charge < -0.3 is 19.9 Å². The largest absolute Gasteiger partial charge is 0.490 e. The second-order valence-electron chi connectivity index (χ2n) is 5.57. The molecule has 0 saturated carbocycles. The monoisotopic (exact) mass is 337 g/mol. The number of carbonyl (C=O) groups excluding carboxylic acids is 1. The number of benzene rings is 1. The van der Waals surface area contributed by atoms with Crippen molar-refractivity contribution in [3.8, 4) is 11.5 Å². The summed E-state index contributed by atoms with van der Waals surface area (Å²) < 4.78 is 10.7. The van der Waals surface area contributed by atoms with Gasteiger partial charge in [0.25, 0.3) is 5.91 Å². The van der Waals surface area contributed by atoms with Crippen LogP contribution >= 0.6 is 0 Å². The standard InChI is InChI=1S/C18H27NO5/c1-5-18(6-2,7-3)19-17(22)13-9-10-14(24-12-16(20)21)15(11-13)23-8-4/h9-11H,5-8,12H2,1-4H3,(H,19,22)(H,20,21). The van der Waals surface area contributed by atoms with Crippen molar-refractivity contribution in [1.29, 1.82) is 0 Å². The van der Waals surface area contributed by atoms with Gasteiger partial charge in [-0.15, -0.1) is 0 Å². The van der Waals surface area contributed by atoms with Crippen LogP contribution in [0.25, 0.3) is 0 Å². The van der Waals surface area contributed by atoms with E-state index in [4.69, 9.17) is 14.6 Å². The van der Waals surface area contributed by atoms with Gasteiger partial charge >= 0.3 is 5.97 Å². The first-order chi connectivity index (χ1) is 11.4. The highest BCUT2D eigenvalue weighted by atomic mass is 16.5. The molecule has 0 heterocycles. The van der Waals surface area contributed by atoms with Gasteiger partial charge in [0.1, 0.15) is 0 Å². The minimum atomic E-state index is -1.07. The third kappa shape index (κ3) is 5.15. The molecule has 0 atom stereocenters. The van der Waals surface area contributed by atoms with E-state index >= 15 is 0 Å². The Kier molecular flexibility index (Phi) is 7.55. The maximum atomic E-state index is 12.6. The fourth-order valence-corrected chi connectivity index (χ4v) is 2.50. The van der Waals surface area contributed by atoms with Crippen molar-refractivity contribution < 1.29 is 24.2 Å². The van der Waals surface area contributed by atoms with Crippen LogP contribution in [0.15, 0.2) is 18.2 Å². The lowest BCUT2D eigenvalue weighted by molar-refractivity contribution is -0.139. The maximum Gasteiger partial charge on any atom is 0.341 e. The van der Waals surface area contributed by atoms with E-state index in [1.54, 1.807) is 18.2 Å². The van der Waals surface area contributed by atoms with E-state index in [9.17, 15) is 9.59 Å². The molecule has 0 bridgehead atoms. The zero-order valence-corrected chi connectivity index (χ0v) is 14.8. The molecule has 1 amide bonds. The van der Waals surface area contributed by atoms with Gasteiger partial charge in [-0.3, -0.25) is 4.79 Å². The highest BCUT2D eigenvalue weighted by molar-refractivity contribution is 5.95. The smallest absolute Gasteiger partial charge is 0.341 e. The minimum absolute atomic E-state index is 0.175. The first-order valence-corrected chi connectivity index (χ1v) is 8.35. The van der Waals surface area contributed by atoms with E-state index in [2.05, 4.69) is 26.1 Å². The first-order valence-electron chi connectivity index (χ1n) is 8.35. The molecule has 24 heavy (non-hydrogen) atoms. The molecule has 0 fully saturated rings. The van der Waals surface area contributed by atoms with Crippen LogP contribution < -0.4 is 14.8 Å². The van der Waals surface area contributed by atoms with E-state index in [1.165, 1.54) is 0 Å². The number of carbonyl (C=O) groups is 2. The van der Waals surface area contributed by atoms with Gasteiger partial charge in [0.2, 0.25) is 0 Å². The molecule has 0 radical (unpaired) electrons. The summed E-state index contributed by atoms with van der Waals surface area (Å²) in [5.74, 6) is -0.575. The minimum Gasteiger partial charge on any atom is -0.490 e. The molecule has 1 aromatic carbocycles. The van der Waals surface area contributed by atoms with Gasteiger partial charge in [-0.1, -0.05) is 20.8 Å². The molecular formula is C18H27NO5. The molecule has 0 unspecified atom stereocenters. The van der Waals surface area contributed by atoms with Crippen molar-refractivity contribution in [2.75, 3.05) is 13.2 Å². The van der Waals surface area contributed by atoms with Crippen LogP contribution in [0.4, 0.5) is 0 Å². The van der Waals surface area contributed by atoms with Gasteiger partial charge in [0, 0.05) is 11.1 Å². The normalized spacial score (nSPS) is 11.0. The van der Waals surface area contributed by atoms with Gasteiger partial charge in [-0.25, -0.2) is 4.79 Å². The molecule has 0 aromatic heterocycles. The third-order valence-electron chi connectivity index (χ3n) is 4.27. The number of aliphatic carboxylic acids is 1. The zero-order valence-electron chi connectivity index (χ0n) is 14.8. The number of amides is 1. The van der Waals surface area contributed by atoms with Crippen molar-refractivity contribution in [3.05, 3.63) is 23.8 Å². The second-order valence-corrected chi connectivity index (χ2v) is 5.57. The molecule has 1 rings (SSSR count). The van der Waals surface area contributed by atoms with Crippen LogP contribution in [0, 0.1) is 0 Å². The van der Waals surface area contributed by atoms with E-state index in [-0.39, 0.29) is 11.4 Å². The summed E-state index contributed by atoms with van der Waals surface area (Å²) in [7, 11) is 0. The average Bonchev–Trinajstić information content (AvgIpc) is 2.58. The van der Waals surface area contributed by atoms with Crippen molar-refractivity contribution in [3.63, 3.8) is 0 Å². The van der Waals surface area contributed by atoms with Crippen LogP contribution in [0.5, 0.6) is 11.5 Å². The number of hydrogen-bond donors (Lipinski definition) is 2. The molecule has 6 heteroatoms. The fraction of sp³-hybridized carbons (Fsp3) is 0.556. The number of ether oxygens (including phenoxy) is 2. The van der Waals surface area contributed by atoms with Gasteiger partial charge in [-0.2, -0.15) is 0 Å². The molecule has 0 spiro atoms. The van der Waals surface area contributed by atoms with E-state index in [0.717, 1.165) is 19.3 Å². The van der Waals surface area contributed by atoms with E-state index < -0.39 is 12.6 Å². The molecule has 134 valence electrons. The Morgan fingerprint density at radius 1 is 1.04 bits per heavy atom. The van der Waals surface area contributed by atoms with E-state index in [0.29, 0.717) is 23.7 Å². The molecule has 0 aliphatic carbocycles. The first kappa shape index (κ1) is 19.8. The Hall–Kier alpha value is -2.24. The van der Waals surface area contributed by atoms with Crippen molar-refractivity contribution in [1.82, 2.24) is 5.32 Å². The zero-order chi connectivity index (χ0) is 18.2. The summed E-state index contributed by atoms with van der Waals surface area (Å²) in [6, 6.07) is 4.76. The van der Waals surface area contributed by atoms with Crippen LogP contribution in [0.2, 0.25) is 0 Å². The van der Waals surface area contributed by atoms with Crippen molar-refractivity contribution >= 4 is 11.9 Å². The van der Waals surface area contributed by atoms with E-state index in [1.807, 2.05) is 6.92 Å². The van der Waals surface area contributed by atoms with Crippen LogP contribution in [0.3, 0.4) is 0 Å². The SMILES string of the molecule is CCOc1cc(C(=O)NC(CC)(CC)CC)ccc1OCC(=O)O. The Labute approximate surface area is 143 Å². The average molecular weight is 337 g/mol. The summed E-state index contributed by atoms with van der Waals surface area (Å²) in [5, 5.41) is 11.8. The summed E-state index contributed by atoms with van der Waals surface area (Å²) in [5.41, 5.74) is 0.238. The number of rotatable bonds is 10. The Morgan fingerprint density at radius 3 is 2.17 bits per heavy atom. The molecule has 1 aromatic rings. The summed E-state index contributed by atoms with van der Waals surface area (Å²) in [6.07, 6.45) is 2.55. The third-order valence-corrected chi connectivity index (χ3v) is 4.27. The quantitative estimate of drug-likeness (QED) is 0.684. The molecule has 0 aliphatic heterocycles. The molecule has 6 nitrogen and oxygen atoms in total. The van der Waals surface area contributed by atoms with Crippen molar-refractivity contribution in [2.45, 2.75) is 52.5 Å². The van der Waals surface area contributed by atoms with Gasteiger partial charge in [-0.05, 0) is 44.4 Å². The number of carboxylic acids is 1. The maximum absolute atomic E-state index is 12.6. The molecular weight excluding hydrogens is 310 g/mol. The van der Waals surface area contributed by atoms with Crippen LogP contribution in [-0.4, -0.2) is 35.7 Å². The second kappa shape index (κ2) is 9.15. The lowest BCUT2D eigenvalue weighted by Crippen LogP contribution is -2.47. The highest BCUT2D eigenvalue weighted by Gasteiger charge is 2.26. The summed E-state index contributed by atoms with van der Waals surface area (Å²) >= 11 is 0. The lowest BCUT2D eigenvalue weighted by atomic mass is 9.89. The summed E-state index contributed by atoms with van der Waals surface area (Å²) in [6.45, 7) is 7.91. The summed E-state index contributed by atoms with van der Waals surface area (Å²) in [4.78, 5) is 23.2. The Morgan fingerprint density at radius 2 is 1.67 bits per heavy atom. The number of hydrogen-bond acceptors (Lipinski definition) is 4. The topological polar surface area (TPSA) is 84.9 Å². The molecule has 2 N–H and O–H groups in total. The fourth-order valence-electron chi connectivity index (χ4n) is 2.50. The van der Waals surface area contributed by atoms with Crippen LogP contribution in [-0.2, 0) is 4.79 Å². The molecule has 0 saturated heterocycles. The van der Waals surface area contributed by atoms with Crippen molar-refractivity contribution in [2.24, 2.45) is 0 Å². The van der Waals surface area contributed by atoms with Crippen LogP contribution in [0.1, 0.15) is 57.3 Å². The Balaban J connectivity index is 3.01. The molecule has 0 aliphatic rings. The van der Waals surface area contributed by atoms with Gasteiger partial charge in [0.05, 0.1) is 6.61 Å². The number of nitrogens with one attached hydrogen (secondary N) is 1. The Bertz CT molecular complexity index is 558. The lowest BCUT2D eigenvalue weighted by Gasteiger charge is -2.31. The predicted molar refractivity (Wildman–Crippen MR) is 91.8 cm³/mol. The highest BCUT2D eigenvalue weighted by Crippen LogP contribution is 2.29. The number of carboxylic acid groups (broad SMARTS) is 1. The predicted octanol–water partition coefficient (Wildman–Crippen LogP) is 3.25. The van der Waals surface area contributed by atoms with Gasteiger partial charge in [0.15, 0.2) is 18.1 Å².